The van der Waals surface area contributed by atoms with Gasteiger partial charge in [0.1, 0.15) is 10.8 Å². The average Bonchev–Trinajstić information content (AvgIpc) is 3.24. The molecule has 4 rings (SSSR count). The number of hydrogen-bond acceptors (Lipinski definition) is 3. The van der Waals surface area contributed by atoms with Crippen LogP contribution in [-0.4, -0.2) is 9.97 Å². The first-order chi connectivity index (χ1) is 10.3. The zero-order valence-corrected chi connectivity index (χ0v) is 12.1. The summed E-state index contributed by atoms with van der Waals surface area (Å²) in [4.78, 5) is 8.91. The number of pyridine rings is 1. The Morgan fingerprint density at radius 1 is 1.19 bits per heavy atom. The molecule has 0 bridgehead atoms. The van der Waals surface area contributed by atoms with Gasteiger partial charge in [-0.15, -0.1) is 11.3 Å². The number of aromatic nitrogens is 2. The maximum absolute atomic E-state index is 13.3. The van der Waals surface area contributed by atoms with E-state index in [9.17, 15) is 4.39 Å². The molecule has 104 valence electrons. The molecular weight excluding hydrogens is 283 g/mol. The zero-order valence-electron chi connectivity index (χ0n) is 11.3. The first kappa shape index (κ1) is 12.7. The van der Waals surface area contributed by atoms with Gasteiger partial charge in [-0.2, -0.15) is 0 Å². The van der Waals surface area contributed by atoms with Crippen LogP contribution >= 0.6 is 11.3 Å². The number of thiazole rings is 1. The van der Waals surface area contributed by atoms with E-state index in [1.807, 2.05) is 23.8 Å². The van der Waals surface area contributed by atoms with Crippen molar-refractivity contribution in [1.29, 1.82) is 0 Å². The van der Waals surface area contributed by atoms with Gasteiger partial charge in [-0.25, -0.2) is 9.37 Å². The highest BCUT2D eigenvalue weighted by Gasteiger charge is 2.27. The molecule has 1 aliphatic rings. The molecule has 1 saturated carbocycles. The minimum atomic E-state index is -0.234. The van der Waals surface area contributed by atoms with E-state index in [0.29, 0.717) is 5.92 Å². The van der Waals surface area contributed by atoms with Gasteiger partial charge in [0.05, 0.1) is 5.69 Å². The lowest BCUT2D eigenvalue weighted by molar-refractivity contribution is 0.628. The number of benzene rings is 1. The first-order valence-electron chi connectivity index (χ1n) is 6.97. The normalized spacial score (nSPS) is 14.3. The van der Waals surface area contributed by atoms with Crippen molar-refractivity contribution < 1.29 is 4.39 Å². The van der Waals surface area contributed by atoms with Crippen molar-refractivity contribution in [3.05, 3.63) is 59.5 Å². The Morgan fingerprint density at radius 3 is 2.90 bits per heavy atom. The summed E-state index contributed by atoms with van der Waals surface area (Å²) in [5.74, 6) is 0.423. The van der Waals surface area contributed by atoms with Gasteiger partial charge in [-0.1, -0.05) is 12.1 Å². The quantitative estimate of drug-likeness (QED) is 0.688. The maximum atomic E-state index is 13.3. The van der Waals surface area contributed by atoms with E-state index in [2.05, 4.69) is 16.0 Å². The highest BCUT2D eigenvalue weighted by atomic mass is 32.1. The largest absolute Gasteiger partial charge is 0.264 e. The third-order valence-corrected chi connectivity index (χ3v) is 4.60. The van der Waals surface area contributed by atoms with Crippen LogP contribution in [-0.2, 0) is 0 Å². The van der Waals surface area contributed by atoms with Crippen molar-refractivity contribution in [2.24, 2.45) is 0 Å². The van der Waals surface area contributed by atoms with Crippen LogP contribution in [0.1, 0.15) is 24.3 Å². The molecule has 0 atom stereocenters. The highest BCUT2D eigenvalue weighted by Crippen LogP contribution is 2.44. The van der Waals surface area contributed by atoms with Gasteiger partial charge in [0, 0.05) is 28.9 Å². The molecular formula is C17H13FN2S. The summed E-state index contributed by atoms with van der Waals surface area (Å²) < 4.78 is 13.3. The standard InChI is InChI=1S/C17H13FN2S/c18-13-3-1-2-12(8-13)16-10-21-17(20-16)15-9-19-7-6-14(15)11-4-5-11/h1-3,6-11H,4-5H2. The second kappa shape index (κ2) is 5.04. The van der Waals surface area contributed by atoms with Gasteiger partial charge in [-0.3, -0.25) is 4.98 Å². The van der Waals surface area contributed by atoms with Crippen molar-refractivity contribution in [1.82, 2.24) is 9.97 Å². The third-order valence-electron chi connectivity index (χ3n) is 3.73. The van der Waals surface area contributed by atoms with E-state index in [1.54, 1.807) is 17.4 Å². The van der Waals surface area contributed by atoms with Gasteiger partial charge in [-0.05, 0) is 42.5 Å². The van der Waals surface area contributed by atoms with Crippen molar-refractivity contribution in [2.45, 2.75) is 18.8 Å². The van der Waals surface area contributed by atoms with Crippen LogP contribution in [0.5, 0.6) is 0 Å². The Hall–Kier alpha value is -2.07. The molecule has 0 unspecified atom stereocenters. The average molecular weight is 296 g/mol. The molecule has 2 heterocycles. The first-order valence-corrected chi connectivity index (χ1v) is 7.85. The number of halogens is 1. The summed E-state index contributed by atoms with van der Waals surface area (Å²) in [5.41, 5.74) is 4.09. The number of nitrogens with zero attached hydrogens (tertiary/aromatic N) is 2. The molecule has 0 amide bonds. The van der Waals surface area contributed by atoms with E-state index in [0.717, 1.165) is 21.8 Å². The fourth-order valence-corrected chi connectivity index (χ4v) is 3.37. The summed E-state index contributed by atoms with van der Waals surface area (Å²) in [5, 5.41) is 2.94. The van der Waals surface area contributed by atoms with E-state index >= 15 is 0 Å². The van der Waals surface area contributed by atoms with Crippen LogP contribution < -0.4 is 0 Å². The maximum Gasteiger partial charge on any atom is 0.125 e. The Bertz CT molecular complexity index is 793. The van der Waals surface area contributed by atoms with Gasteiger partial charge >= 0.3 is 0 Å². The molecule has 21 heavy (non-hydrogen) atoms. The SMILES string of the molecule is Fc1cccc(-c2csc(-c3cnccc3C3CC3)n2)c1. The molecule has 1 aliphatic carbocycles. The minimum Gasteiger partial charge on any atom is -0.264 e. The fraction of sp³-hybridized carbons (Fsp3) is 0.176. The lowest BCUT2D eigenvalue weighted by Crippen LogP contribution is -1.88. The molecule has 0 aliphatic heterocycles. The van der Waals surface area contributed by atoms with Crippen molar-refractivity contribution in [3.8, 4) is 21.8 Å². The van der Waals surface area contributed by atoms with Crippen LogP contribution in [0, 0.1) is 5.82 Å². The van der Waals surface area contributed by atoms with Crippen molar-refractivity contribution in [2.75, 3.05) is 0 Å². The van der Waals surface area contributed by atoms with Gasteiger partial charge in [0.2, 0.25) is 0 Å². The molecule has 3 aromatic rings. The molecule has 1 fully saturated rings. The van der Waals surface area contributed by atoms with Crippen LogP contribution in [0.3, 0.4) is 0 Å². The summed E-state index contributed by atoms with van der Waals surface area (Å²) in [6, 6.07) is 8.65. The van der Waals surface area contributed by atoms with Crippen LogP contribution in [0.2, 0.25) is 0 Å². The molecule has 2 nitrogen and oxygen atoms in total. The van der Waals surface area contributed by atoms with E-state index < -0.39 is 0 Å². The second-order valence-electron chi connectivity index (χ2n) is 5.29. The Morgan fingerprint density at radius 2 is 2.10 bits per heavy atom. The second-order valence-corrected chi connectivity index (χ2v) is 6.14. The minimum absolute atomic E-state index is 0.234. The smallest absolute Gasteiger partial charge is 0.125 e. The third kappa shape index (κ3) is 2.47. The molecule has 0 radical (unpaired) electrons. The predicted octanol–water partition coefficient (Wildman–Crippen LogP) is 4.89. The van der Waals surface area contributed by atoms with E-state index in [-0.39, 0.29) is 5.82 Å². The van der Waals surface area contributed by atoms with Gasteiger partial charge in [0.25, 0.3) is 0 Å². The Balaban J connectivity index is 1.75. The summed E-state index contributed by atoms with van der Waals surface area (Å²) in [6.45, 7) is 0. The van der Waals surface area contributed by atoms with Gasteiger partial charge < -0.3 is 0 Å². The Labute approximate surface area is 126 Å². The summed E-state index contributed by atoms with van der Waals surface area (Å²) in [7, 11) is 0. The molecule has 0 spiro atoms. The predicted molar refractivity (Wildman–Crippen MR) is 82.7 cm³/mol. The van der Waals surface area contributed by atoms with Crippen LogP contribution in [0.25, 0.3) is 21.8 Å². The molecule has 1 aromatic carbocycles. The lowest BCUT2D eigenvalue weighted by atomic mass is 10.1. The highest BCUT2D eigenvalue weighted by molar-refractivity contribution is 7.13. The number of rotatable bonds is 3. The Kier molecular flexibility index (Phi) is 3.04. The topological polar surface area (TPSA) is 25.8 Å². The lowest BCUT2D eigenvalue weighted by Gasteiger charge is -2.04. The zero-order chi connectivity index (χ0) is 14.2. The summed E-state index contributed by atoms with van der Waals surface area (Å²) >= 11 is 1.59. The van der Waals surface area contributed by atoms with Crippen molar-refractivity contribution in [3.63, 3.8) is 0 Å². The van der Waals surface area contributed by atoms with E-state index in [1.165, 1.54) is 30.5 Å². The van der Waals surface area contributed by atoms with Crippen LogP contribution in [0.4, 0.5) is 4.39 Å². The molecule has 0 N–H and O–H groups in total. The molecule has 4 heteroatoms. The van der Waals surface area contributed by atoms with Gasteiger partial charge in [0.15, 0.2) is 0 Å². The molecule has 2 aromatic heterocycles. The number of hydrogen-bond donors (Lipinski definition) is 0. The monoisotopic (exact) mass is 296 g/mol. The molecule has 0 saturated heterocycles. The summed E-state index contributed by atoms with van der Waals surface area (Å²) in [6.07, 6.45) is 6.23. The van der Waals surface area contributed by atoms with E-state index in [4.69, 9.17) is 0 Å². The van der Waals surface area contributed by atoms with Crippen LogP contribution in [0.15, 0.2) is 48.1 Å². The van der Waals surface area contributed by atoms with Crippen molar-refractivity contribution >= 4 is 11.3 Å². The fourth-order valence-electron chi connectivity index (χ4n) is 2.51.